The summed E-state index contributed by atoms with van der Waals surface area (Å²) in [6.45, 7) is 6.14. The van der Waals surface area contributed by atoms with Crippen molar-refractivity contribution in [3.8, 4) is 0 Å². The van der Waals surface area contributed by atoms with Crippen molar-refractivity contribution in [3.63, 3.8) is 0 Å². The number of imidazole rings is 1. The van der Waals surface area contributed by atoms with Gasteiger partial charge in [0.05, 0.1) is 15.9 Å². The lowest BCUT2D eigenvalue weighted by molar-refractivity contribution is 0.377. The largest absolute Gasteiger partial charge is 0.353 e. The van der Waals surface area contributed by atoms with E-state index in [1.54, 1.807) is 12.1 Å². The van der Waals surface area contributed by atoms with Crippen LogP contribution < -0.4 is 10.6 Å². The molecule has 1 aromatic carbocycles. The van der Waals surface area contributed by atoms with E-state index in [4.69, 9.17) is 0 Å². The molecule has 6 nitrogen and oxygen atoms in total. The quantitative estimate of drug-likeness (QED) is 0.895. The third-order valence-corrected chi connectivity index (χ3v) is 5.29. The maximum absolute atomic E-state index is 11.8. The van der Waals surface area contributed by atoms with E-state index in [1.807, 2.05) is 6.07 Å². The van der Waals surface area contributed by atoms with Gasteiger partial charge in [0.15, 0.2) is 9.84 Å². The van der Waals surface area contributed by atoms with Crippen LogP contribution in [-0.4, -0.2) is 43.4 Å². The highest BCUT2D eigenvalue weighted by atomic mass is 32.2. The van der Waals surface area contributed by atoms with E-state index in [2.05, 4.69) is 34.0 Å². The molecule has 0 atom stereocenters. The van der Waals surface area contributed by atoms with Gasteiger partial charge in [0.1, 0.15) is 0 Å². The molecule has 126 valence electrons. The summed E-state index contributed by atoms with van der Waals surface area (Å²) in [6.07, 6.45) is 3.32. The second-order valence-corrected chi connectivity index (χ2v) is 8.52. The van der Waals surface area contributed by atoms with Gasteiger partial charge >= 0.3 is 0 Å². The van der Waals surface area contributed by atoms with Crippen LogP contribution in [0.15, 0.2) is 23.1 Å². The van der Waals surface area contributed by atoms with Crippen molar-refractivity contribution >= 4 is 26.8 Å². The normalized spacial score (nSPS) is 17.0. The molecule has 0 radical (unpaired) electrons. The fourth-order valence-electron chi connectivity index (χ4n) is 3.10. The molecule has 0 amide bonds. The molecule has 1 fully saturated rings. The standard InChI is InChI=1S/C16H24N4O2S/c1-11(2)18-16-19-14-10-13(23(3,21)22)4-5-15(14)20(16)12-6-8-17-9-7-12/h4-5,10-12,17H,6-9H2,1-3H3,(H,18,19). The van der Waals surface area contributed by atoms with E-state index in [9.17, 15) is 8.42 Å². The summed E-state index contributed by atoms with van der Waals surface area (Å²) in [5, 5.41) is 6.78. The minimum atomic E-state index is -3.23. The van der Waals surface area contributed by atoms with Gasteiger partial charge in [-0.25, -0.2) is 13.4 Å². The third kappa shape index (κ3) is 3.35. The smallest absolute Gasteiger partial charge is 0.204 e. The van der Waals surface area contributed by atoms with Crippen LogP contribution in [-0.2, 0) is 9.84 Å². The zero-order chi connectivity index (χ0) is 16.6. The first-order valence-corrected chi connectivity index (χ1v) is 9.94. The number of nitrogens with one attached hydrogen (secondary N) is 2. The number of fused-ring (bicyclic) bond motifs is 1. The Hall–Kier alpha value is -1.60. The predicted octanol–water partition coefficient (Wildman–Crippen LogP) is 2.18. The molecule has 7 heteroatoms. The van der Waals surface area contributed by atoms with Crippen LogP contribution in [0.25, 0.3) is 11.0 Å². The van der Waals surface area contributed by atoms with Crippen LogP contribution in [0.3, 0.4) is 0 Å². The second-order valence-electron chi connectivity index (χ2n) is 6.51. The summed E-state index contributed by atoms with van der Waals surface area (Å²) in [7, 11) is -3.23. The SMILES string of the molecule is CC(C)Nc1nc2cc(S(C)(=O)=O)ccc2n1C1CCNCC1. The Morgan fingerprint density at radius 3 is 2.61 bits per heavy atom. The van der Waals surface area contributed by atoms with E-state index in [0.29, 0.717) is 10.9 Å². The van der Waals surface area contributed by atoms with E-state index in [1.165, 1.54) is 6.26 Å². The van der Waals surface area contributed by atoms with Gasteiger partial charge in [-0.3, -0.25) is 0 Å². The van der Waals surface area contributed by atoms with E-state index < -0.39 is 9.84 Å². The summed E-state index contributed by atoms with van der Waals surface area (Å²) in [5.74, 6) is 0.826. The maximum atomic E-state index is 11.8. The Labute approximate surface area is 137 Å². The van der Waals surface area contributed by atoms with Crippen LogP contribution >= 0.6 is 0 Å². The van der Waals surface area contributed by atoms with Crippen molar-refractivity contribution in [2.45, 2.75) is 43.7 Å². The van der Waals surface area contributed by atoms with E-state index >= 15 is 0 Å². The Morgan fingerprint density at radius 2 is 2.00 bits per heavy atom. The lowest BCUT2D eigenvalue weighted by Gasteiger charge is -2.26. The Kier molecular flexibility index (Phi) is 4.33. The fraction of sp³-hybridized carbons (Fsp3) is 0.562. The first-order valence-electron chi connectivity index (χ1n) is 8.05. The van der Waals surface area contributed by atoms with Crippen molar-refractivity contribution in [1.29, 1.82) is 0 Å². The molecule has 0 bridgehead atoms. The fourth-order valence-corrected chi connectivity index (χ4v) is 3.74. The predicted molar refractivity (Wildman–Crippen MR) is 92.7 cm³/mol. The van der Waals surface area contributed by atoms with Crippen molar-refractivity contribution < 1.29 is 8.42 Å². The van der Waals surface area contributed by atoms with Gasteiger partial charge in [0.2, 0.25) is 5.95 Å². The molecule has 0 aliphatic carbocycles. The van der Waals surface area contributed by atoms with Crippen molar-refractivity contribution in [2.75, 3.05) is 24.7 Å². The molecule has 0 spiro atoms. The molecular weight excluding hydrogens is 312 g/mol. The first kappa shape index (κ1) is 16.3. The van der Waals surface area contributed by atoms with Gasteiger partial charge < -0.3 is 15.2 Å². The lowest BCUT2D eigenvalue weighted by atomic mass is 10.1. The molecule has 2 N–H and O–H groups in total. The molecule has 1 saturated heterocycles. The van der Waals surface area contributed by atoms with Crippen molar-refractivity contribution in [3.05, 3.63) is 18.2 Å². The number of sulfone groups is 1. The molecule has 1 aliphatic heterocycles. The number of anilines is 1. The molecule has 1 aromatic heterocycles. The monoisotopic (exact) mass is 336 g/mol. The van der Waals surface area contributed by atoms with Gasteiger partial charge in [0, 0.05) is 18.3 Å². The molecule has 0 saturated carbocycles. The highest BCUT2D eigenvalue weighted by Crippen LogP contribution is 2.31. The van der Waals surface area contributed by atoms with E-state index in [0.717, 1.165) is 42.9 Å². The highest BCUT2D eigenvalue weighted by Gasteiger charge is 2.22. The van der Waals surface area contributed by atoms with Gasteiger partial charge in [0.25, 0.3) is 0 Å². The highest BCUT2D eigenvalue weighted by molar-refractivity contribution is 7.90. The molecule has 0 unspecified atom stereocenters. The number of hydrogen-bond acceptors (Lipinski definition) is 5. The third-order valence-electron chi connectivity index (χ3n) is 4.18. The number of hydrogen-bond donors (Lipinski definition) is 2. The summed E-state index contributed by atoms with van der Waals surface area (Å²) in [5.41, 5.74) is 1.72. The molecule has 1 aliphatic rings. The average molecular weight is 336 g/mol. The zero-order valence-corrected chi connectivity index (χ0v) is 14.7. The van der Waals surface area contributed by atoms with Crippen LogP contribution in [0, 0.1) is 0 Å². The molecule has 3 rings (SSSR count). The van der Waals surface area contributed by atoms with Crippen LogP contribution in [0.2, 0.25) is 0 Å². The van der Waals surface area contributed by atoms with Crippen LogP contribution in [0.1, 0.15) is 32.7 Å². The summed E-state index contributed by atoms with van der Waals surface area (Å²) >= 11 is 0. The number of benzene rings is 1. The summed E-state index contributed by atoms with van der Waals surface area (Å²) in [4.78, 5) is 4.98. The minimum absolute atomic E-state index is 0.265. The Morgan fingerprint density at radius 1 is 1.30 bits per heavy atom. The van der Waals surface area contributed by atoms with Gasteiger partial charge in [-0.2, -0.15) is 0 Å². The summed E-state index contributed by atoms with van der Waals surface area (Å²) in [6, 6.07) is 5.88. The number of aromatic nitrogens is 2. The number of piperidine rings is 1. The second kappa shape index (κ2) is 6.13. The van der Waals surface area contributed by atoms with E-state index in [-0.39, 0.29) is 6.04 Å². The minimum Gasteiger partial charge on any atom is -0.353 e. The number of nitrogens with zero attached hydrogens (tertiary/aromatic N) is 2. The zero-order valence-electron chi connectivity index (χ0n) is 13.8. The van der Waals surface area contributed by atoms with Crippen LogP contribution in [0.4, 0.5) is 5.95 Å². The van der Waals surface area contributed by atoms with Gasteiger partial charge in [-0.15, -0.1) is 0 Å². The number of rotatable bonds is 4. The molecule has 23 heavy (non-hydrogen) atoms. The average Bonchev–Trinajstić information content (AvgIpc) is 2.83. The van der Waals surface area contributed by atoms with Crippen LogP contribution in [0.5, 0.6) is 0 Å². The van der Waals surface area contributed by atoms with Gasteiger partial charge in [-0.1, -0.05) is 0 Å². The first-order chi connectivity index (χ1) is 10.9. The van der Waals surface area contributed by atoms with Crippen molar-refractivity contribution in [2.24, 2.45) is 0 Å². The molecular formula is C16H24N4O2S. The molecule has 2 aromatic rings. The maximum Gasteiger partial charge on any atom is 0.204 e. The Balaban J connectivity index is 2.13. The Bertz CT molecular complexity index is 805. The van der Waals surface area contributed by atoms with Gasteiger partial charge in [-0.05, 0) is 58.0 Å². The topological polar surface area (TPSA) is 76.0 Å². The van der Waals surface area contributed by atoms with Crippen molar-refractivity contribution in [1.82, 2.24) is 14.9 Å². The molecule has 2 heterocycles. The lowest BCUT2D eigenvalue weighted by Crippen LogP contribution is -2.30. The summed E-state index contributed by atoms with van der Waals surface area (Å²) < 4.78 is 25.8.